The number of fused-ring (bicyclic) bond motifs is 2. The van der Waals surface area contributed by atoms with Crippen molar-refractivity contribution in [3.8, 4) is 35.4 Å². The molecule has 3 saturated heterocycles. The average molecular weight is 726 g/mol. The number of aromatic hydroxyl groups is 1. The number of terminal acetylenes is 1. The molecule has 4 fully saturated rings. The Morgan fingerprint density at radius 1 is 1.04 bits per heavy atom. The first kappa shape index (κ1) is 35.9. The van der Waals surface area contributed by atoms with E-state index in [1.54, 1.807) is 6.92 Å². The Kier molecular flexibility index (Phi) is 9.87. The number of nitrogens with one attached hydrogen (secondary N) is 1. The van der Waals surface area contributed by atoms with E-state index in [0.717, 1.165) is 71.0 Å². The Morgan fingerprint density at radius 2 is 1.81 bits per heavy atom. The molecule has 53 heavy (non-hydrogen) atoms. The zero-order chi connectivity index (χ0) is 36.7. The predicted octanol–water partition coefficient (Wildman–Crippen LogP) is 5.33. The molecule has 0 bridgehead atoms. The first-order valence-electron chi connectivity index (χ1n) is 19.1. The monoisotopic (exact) mass is 725 g/mol. The molecule has 5 heterocycles. The molecule has 1 saturated carbocycles. The Hall–Kier alpha value is -4.15. The van der Waals surface area contributed by atoms with Crippen LogP contribution in [0.1, 0.15) is 57.4 Å². The number of phenols is 1. The van der Waals surface area contributed by atoms with Crippen molar-refractivity contribution < 1.29 is 23.7 Å². The van der Waals surface area contributed by atoms with Crippen LogP contribution in [0.5, 0.6) is 11.8 Å². The van der Waals surface area contributed by atoms with Gasteiger partial charge in [0.15, 0.2) is 5.82 Å². The fourth-order valence-electron chi connectivity index (χ4n) is 8.59. The van der Waals surface area contributed by atoms with E-state index in [9.17, 15) is 14.6 Å². The second-order valence-corrected chi connectivity index (χ2v) is 16.1. The molecule has 8 rings (SSSR count). The first-order valence-corrected chi connectivity index (χ1v) is 19.1. The number of β-amino-alcohol motifs (C(OH)–C–C–N with tert-alkyl or cyclic N) is 1. The summed E-state index contributed by atoms with van der Waals surface area (Å²) in [6.07, 6.45) is 14.5. The third-order valence-electron chi connectivity index (χ3n) is 11.9. The highest BCUT2D eigenvalue weighted by Crippen LogP contribution is 2.47. The quantitative estimate of drug-likeness (QED) is 0.186. The summed E-state index contributed by atoms with van der Waals surface area (Å²) in [7, 11) is 0. The number of phenolic OH excluding ortho intramolecular Hbond substituents is 1. The number of halogens is 2. The minimum absolute atomic E-state index is 0.0112. The van der Waals surface area contributed by atoms with Gasteiger partial charge < -0.3 is 35.0 Å². The molecule has 1 aliphatic carbocycles. The van der Waals surface area contributed by atoms with Gasteiger partial charge in [0.05, 0.1) is 23.2 Å². The van der Waals surface area contributed by atoms with Crippen molar-refractivity contribution in [3.63, 3.8) is 0 Å². The molecule has 3 N–H and O–H groups in total. The van der Waals surface area contributed by atoms with Gasteiger partial charge in [0.2, 0.25) is 0 Å². The van der Waals surface area contributed by atoms with Crippen molar-refractivity contribution in [2.24, 2.45) is 11.3 Å². The number of rotatable bonds is 10. The van der Waals surface area contributed by atoms with E-state index >= 15 is 4.39 Å². The number of hydrogen-bond donors (Lipinski definition) is 3. The van der Waals surface area contributed by atoms with E-state index in [2.05, 4.69) is 31.0 Å². The number of aliphatic hydroxyl groups is 1. The van der Waals surface area contributed by atoms with Crippen molar-refractivity contribution >= 4 is 27.5 Å². The third-order valence-corrected chi connectivity index (χ3v) is 11.9. The number of ether oxygens (including phenoxy) is 1. The normalized spacial score (nSPS) is 22.7. The lowest BCUT2D eigenvalue weighted by Crippen LogP contribution is -2.49. The maximum Gasteiger partial charge on any atom is 0.319 e. The number of pyridine rings is 1. The second-order valence-electron chi connectivity index (χ2n) is 16.1. The highest BCUT2D eigenvalue weighted by atomic mass is 19.1. The molecule has 0 unspecified atom stereocenters. The van der Waals surface area contributed by atoms with Crippen LogP contribution < -0.4 is 15.0 Å². The van der Waals surface area contributed by atoms with E-state index in [-0.39, 0.29) is 44.9 Å². The molecule has 280 valence electrons. The zero-order valence-corrected chi connectivity index (χ0v) is 30.5. The number of benzene rings is 2. The Morgan fingerprint density at radius 3 is 2.55 bits per heavy atom. The summed E-state index contributed by atoms with van der Waals surface area (Å²) in [6, 6.07) is 5.57. The van der Waals surface area contributed by atoms with Crippen LogP contribution in [0.15, 0.2) is 30.5 Å². The SMILES string of the molecule is C#Cc1c(F)ccc2cc(O)cc(-c3ncc4c(N5CCC[C@@](C)(O)C5)nc(OCC5(CN6CCN(CCC7CCNCC7)CC6)CC5)nc4c3F)c12. The van der Waals surface area contributed by atoms with Crippen molar-refractivity contribution in [2.75, 3.05) is 77.0 Å². The minimum Gasteiger partial charge on any atom is -0.508 e. The highest BCUT2D eigenvalue weighted by molar-refractivity contribution is 6.03. The van der Waals surface area contributed by atoms with Gasteiger partial charge in [0, 0.05) is 68.4 Å². The summed E-state index contributed by atoms with van der Waals surface area (Å²) in [5, 5.41) is 26.1. The molecule has 0 radical (unpaired) electrons. The van der Waals surface area contributed by atoms with Gasteiger partial charge in [0.25, 0.3) is 0 Å². The molecule has 1 atom stereocenters. The third kappa shape index (κ3) is 7.63. The van der Waals surface area contributed by atoms with Gasteiger partial charge in [0.1, 0.15) is 28.6 Å². The van der Waals surface area contributed by atoms with Crippen LogP contribution in [-0.4, -0.2) is 113 Å². The fraction of sp³-hybridized carbons (Fsp3) is 0.537. The summed E-state index contributed by atoms with van der Waals surface area (Å²) in [5.74, 6) is 2.13. The number of nitrogens with zero attached hydrogens (tertiary/aromatic N) is 6. The maximum absolute atomic E-state index is 16.9. The number of hydrogen-bond acceptors (Lipinski definition) is 10. The molecule has 10 nitrogen and oxygen atoms in total. The lowest BCUT2D eigenvalue weighted by molar-refractivity contribution is 0.0447. The van der Waals surface area contributed by atoms with Crippen molar-refractivity contribution in [2.45, 2.75) is 57.5 Å². The lowest BCUT2D eigenvalue weighted by Gasteiger charge is -2.38. The first-order chi connectivity index (χ1) is 25.6. The van der Waals surface area contributed by atoms with E-state index in [0.29, 0.717) is 42.7 Å². The van der Waals surface area contributed by atoms with Gasteiger partial charge in [-0.15, -0.1) is 6.42 Å². The van der Waals surface area contributed by atoms with Crippen molar-refractivity contribution in [1.29, 1.82) is 0 Å². The number of piperazine rings is 1. The molecule has 2 aromatic heterocycles. The van der Waals surface area contributed by atoms with Crippen LogP contribution in [0.25, 0.3) is 32.9 Å². The molecule has 2 aromatic carbocycles. The largest absolute Gasteiger partial charge is 0.508 e. The van der Waals surface area contributed by atoms with E-state index < -0.39 is 17.2 Å². The fourth-order valence-corrected chi connectivity index (χ4v) is 8.59. The number of aromatic nitrogens is 3. The molecule has 12 heteroatoms. The Balaban J connectivity index is 1.06. The summed E-state index contributed by atoms with van der Waals surface area (Å²) < 4.78 is 38.2. The predicted molar refractivity (Wildman–Crippen MR) is 202 cm³/mol. The lowest BCUT2D eigenvalue weighted by atomic mass is 9.94. The molecule has 3 aliphatic heterocycles. The van der Waals surface area contributed by atoms with Gasteiger partial charge in [-0.2, -0.15) is 9.97 Å². The molecule has 0 spiro atoms. The number of anilines is 1. The van der Waals surface area contributed by atoms with Crippen molar-refractivity contribution in [1.82, 2.24) is 30.1 Å². The van der Waals surface area contributed by atoms with Crippen molar-refractivity contribution in [3.05, 3.63) is 47.7 Å². The second kappa shape index (κ2) is 14.6. The molecular weight excluding hydrogens is 676 g/mol. The average Bonchev–Trinajstić information content (AvgIpc) is 3.92. The van der Waals surface area contributed by atoms with Gasteiger partial charge in [-0.25, -0.2) is 8.78 Å². The van der Waals surface area contributed by atoms with Crippen LogP contribution in [0.4, 0.5) is 14.6 Å². The van der Waals surface area contributed by atoms with Gasteiger partial charge in [-0.3, -0.25) is 4.98 Å². The number of piperidine rings is 2. The van der Waals surface area contributed by atoms with Crippen LogP contribution in [0.3, 0.4) is 0 Å². The van der Waals surface area contributed by atoms with Crippen LogP contribution >= 0.6 is 0 Å². The van der Waals surface area contributed by atoms with Gasteiger partial charge in [-0.1, -0.05) is 12.0 Å². The van der Waals surface area contributed by atoms with Crippen LogP contribution in [0, 0.1) is 35.3 Å². The molecular formula is C41H49F2N7O3. The maximum atomic E-state index is 16.9. The smallest absolute Gasteiger partial charge is 0.319 e. The van der Waals surface area contributed by atoms with Gasteiger partial charge in [-0.05, 0) is 101 Å². The summed E-state index contributed by atoms with van der Waals surface area (Å²) in [6.45, 7) is 11.8. The van der Waals surface area contributed by atoms with E-state index in [1.165, 1.54) is 56.3 Å². The molecule has 4 aliphatic rings. The van der Waals surface area contributed by atoms with E-state index in [4.69, 9.17) is 16.1 Å². The molecule has 0 amide bonds. The van der Waals surface area contributed by atoms with Crippen LogP contribution in [-0.2, 0) is 0 Å². The van der Waals surface area contributed by atoms with Crippen LogP contribution in [0.2, 0.25) is 0 Å². The summed E-state index contributed by atoms with van der Waals surface area (Å²) in [4.78, 5) is 21.0. The molecule has 4 aromatic rings. The topological polar surface area (TPSA) is 110 Å². The summed E-state index contributed by atoms with van der Waals surface area (Å²) in [5.41, 5.74) is -0.999. The van der Waals surface area contributed by atoms with E-state index in [1.807, 2.05) is 4.90 Å². The zero-order valence-electron chi connectivity index (χ0n) is 30.5. The van der Waals surface area contributed by atoms with Gasteiger partial charge >= 0.3 is 6.01 Å². The Labute approximate surface area is 309 Å². The highest BCUT2D eigenvalue weighted by Gasteiger charge is 2.45. The minimum atomic E-state index is -0.950. The Bertz CT molecular complexity index is 2030. The summed E-state index contributed by atoms with van der Waals surface area (Å²) >= 11 is 0. The standard InChI is InChI=1S/C41H49F2N7O3/c1-3-30-33(42)6-5-28-21-29(51)22-31(34(28)30)36-35(43)37-32(23-45-36)38(50-15-4-10-40(2,52)24-50)47-39(46-37)53-26-41(11-12-41)25-49-19-17-48(18-20-49)16-9-27-7-13-44-14-8-27/h1,5-6,21-23,27,44,51-52H,4,7-20,24-26H2,2H3/t40-/m1/s1.